The Balaban J connectivity index is 4.00. The van der Waals surface area contributed by atoms with Crippen molar-refractivity contribution < 1.29 is 42.1 Å². The molecule has 0 heterocycles. The number of likely N-dealkylation sites (N-methyl/N-ethyl adjacent to an activating group) is 1. The highest BCUT2D eigenvalue weighted by Crippen LogP contribution is 2.38. The fourth-order valence-electron chi connectivity index (χ4n) is 10.7. The average molecular weight is 1250 g/mol. The molecule has 9 nitrogen and oxygen atoms in total. The standard InChI is InChI=1S/C78H142NO8P/c1-6-8-10-12-14-16-18-20-22-24-26-28-30-32-34-36-38-39-41-43-45-47-49-51-53-55-57-59-61-63-65-67-69-71-78(81)87-76(75-86-88(82,83)85-73-72-79(3,4)5)74-84-77(80)70-68-66-64-62-60-58-56-54-52-50-48-46-44-42-40-37-35-33-31-29-27-25-23-21-19-17-15-13-11-9-7-2/h8,10,14,16,20,22,25-28,32,34,38-39,76H,6-7,9,11-13,15,17-19,21,23-24,29-31,33,35-37,40-75H2,1-5H3/b10-8-,16-14-,22-20-,27-25-,28-26-,34-32-,39-38-. The van der Waals surface area contributed by atoms with Crippen LogP contribution in [0.15, 0.2) is 85.1 Å². The summed E-state index contributed by atoms with van der Waals surface area (Å²) in [5.74, 6) is -0.820. The Hall–Kier alpha value is -2.81. The van der Waals surface area contributed by atoms with Gasteiger partial charge < -0.3 is 27.9 Å². The number of phosphoric ester groups is 1. The van der Waals surface area contributed by atoms with Crippen LogP contribution >= 0.6 is 7.82 Å². The van der Waals surface area contributed by atoms with Crippen molar-refractivity contribution >= 4 is 19.8 Å². The monoisotopic (exact) mass is 1250 g/mol. The Morgan fingerprint density at radius 1 is 0.364 bits per heavy atom. The molecule has 0 aromatic rings. The number of carbonyl (C=O) groups is 2. The molecule has 0 saturated carbocycles. The summed E-state index contributed by atoms with van der Waals surface area (Å²) in [6, 6.07) is 0. The minimum Gasteiger partial charge on any atom is -0.756 e. The molecule has 88 heavy (non-hydrogen) atoms. The number of quaternary nitrogens is 1. The zero-order valence-electron chi connectivity index (χ0n) is 58.4. The molecule has 512 valence electrons. The summed E-state index contributed by atoms with van der Waals surface area (Å²) in [6.07, 6.45) is 93.9. The molecule has 0 aliphatic carbocycles. The molecule has 0 fully saturated rings. The lowest BCUT2D eigenvalue weighted by Crippen LogP contribution is -2.37. The number of ether oxygens (including phenoxy) is 2. The summed E-state index contributed by atoms with van der Waals surface area (Å²) < 4.78 is 34.4. The van der Waals surface area contributed by atoms with Crippen LogP contribution in [0.25, 0.3) is 0 Å². The Labute approximate surface area is 545 Å². The van der Waals surface area contributed by atoms with Gasteiger partial charge in [-0.15, -0.1) is 0 Å². The second-order valence-electron chi connectivity index (χ2n) is 26.3. The molecule has 0 aromatic heterocycles. The van der Waals surface area contributed by atoms with E-state index >= 15 is 0 Å². The fourth-order valence-corrected chi connectivity index (χ4v) is 11.4. The normalized spacial score (nSPS) is 13.6. The van der Waals surface area contributed by atoms with Crippen molar-refractivity contribution in [1.82, 2.24) is 0 Å². The van der Waals surface area contributed by atoms with E-state index in [1.807, 2.05) is 21.1 Å². The molecule has 10 heteroatoms. The van der Waals surface area contributed by atoms with Gasteiger partial charge in [0.05, 0.1) is 27.7 Å². The fraction of sp³-hybridized carbons (Fsp3) is 0.795. The predicted molar refractivity (Wildman–Crippen MR) is 379 cm³/mol. The van der Waals surface area contributed by atoms with E-state index in [4.69, 9.17) is 18.5 Å². The van der Waals surface area contributed by atoms with Crippen LogP contribution < -0.4 is 4.89 Å². The number of unbranched alkanes of at least 4 members (excludes halogenated alkanes) is 41. The molecule has 0 rings (SSSR count). The van der Waals surface area contributed by atoms with Crippen LogP contribution in [-0.2, 0) is 32.7 Å². The van der Waals surface area contributed by atoms with E-state index in [0.717, 1.165) is 77.0 Å². The lowest BCUT2D eigenvalue weighted by molar-refractivity contribution is -0.870. The highest BCUT2D eigenvalue weighted by atomic mass is 31.2. The van der Waals surface area contributed by atoms with E-state index in [9.17, 15) is 19.0 Å². The first-order valence-electron chi connectivity index (χ1n) is 37.3. The van der Waals surface area contributed by atoms with Gasteiger partial charge in [-0.25, -0.2) is 0 Å². The number of allylic oxidation sites excluding steroid dienone is 14. The van der Waals surface area contributed by atoms with Crippen LogP contribution in [0.5, 0.6) is 0 Å². The van der Waals surface area contributed by atoms with Gasteiger partial charge in [-0.1, -0.05) is 330 Å². The molecular weight excluding hydrogens is 1110 g/mol. The van der Waals surface area contributed by atoms with E-state index in [-0.39, 0.29) is 32.0 Å². The first-order valence-corrected chi connectivity index (χ1v) is 38.8. The van der Waals surface area contributed by atoms with Crippen molar-refractivity contribution in [3.8, 4) is 0 Å². The van der Waals surface area contributed by atoms with Crippen LogP contribution in [0.4, 0.5) is 0 Å². The number of rotatable bonds is 69. The van der Waals surface area contributed by atoms with Crippen molar-refractivity contribution in [2.75, 3.05) is 47.5 Å². The van der Waals surface area contributed by atoms with Crippen molar-refractivity contribution in [2.45, 2.75) is 354 Å². The number of esters is 2. The molecule has 0 aromatic carbocycles. The van der Waals surface area contributed by atoms with Crippen molar-refractivity contribution in [1.29, 1.82) is 0 Å². The van der Waals surface area contributed by atoms with E-state index in [0.29, 0.717) is 17.4 Å². The number of hydrogen-bond acceptors (Lipinski definition) is 8. The maximum Gasteiger partial charge on any atom is 0.306 e. The first kappa shape index (κ1) is 85.2. The third-order valence-corrected chi connectivity index (χ3v) is 17.4. The quantitative estimate of drug-likeness (QED) is 0.0195. The van der Waals surface area contributed by atoms with Crippen LogP contribution in [0.1, 0.15) is 348 Å². The predicted octanol–water partition coefficient (Wildman–Crippen LogP) is 23.9. The molecule has 0 N–H and O–H groups in total. The van der Waals surface area contributed by atoms with Crippen molar-refractivity contribution in [2.24, 2.45) is 0 Å². The molecule has 0 saturated heterocycles. The largest absolute Gasteiger partial charge is 0.756 e. The van der Waals surface area contributed by atoms with Gasteiger partial charge in [0.1, 0.15) is 19.8 Å². The maximum absolute atomic E-state index is 12.9. The van der Waals surface area contributed by atoms with E-state index < -0.39 is 26.5 Å². The Morgan fingerprint density at radius 2 is 0.648 bits per heavy atom. The molecule has 2 unspecified atom stereocenters. The van der Waals surface area contributed by atoms with Gasteiger partial charge in [-0.05, 0) is 89.9 Å². The SMILES string of the molecule is CC/C=C\C/C=C\C/C=C\C/C=C\C/C=C\C/C=C\CCCCCCCCCCCCCCCCC(=O)OC(COC(=O)CCCCCCCCCCCCCCCCCCCCC/C=C\CCCCCCCCCC)COP(=O)([O-])OCC[N+](C)(C)C. The van der Waals surface area contributed by atoms with E-state index in [2.05, 4.69) is 98.9 Å². The molecular formula is C78H142NO8P. The van der Waals surface area contributed by atoms with Gasteiger partial charge in [-0.2, -0.15) is 0 Å². The van der Waals surface area contributed by atoms with Gasteiger partial charge in [-0.3, -0.25) is 14.2 Å². The van der Waals surface area contributed by atoms with Crippen LogP contribution in [0.2, 0.25) is 0 Å². The highest BCUT2D eigenvalue weighted by Gasteiger charge is 2.22. The second-order valence-corrected chi connectivity index (χ2v) is 27.7. The summed E-state index contributed by atoms with van der Waals surface area (Å²) in [7, 11) is 1.17. The third kappa shape index (κ3) is 72.3. The minimum atomic E-state index is -4.65. The Kier molecular flexibility index (Phi) is 66.4. The highest BCUT2D eigenvalue weighted by molar-refractivity contribution is 7.45. The average Bonchev–Trinajstić information content (AvgIpc) is 3.56. The van der Waals surface area contributed by atoms with Gasteiger partial charge >= 0.3 is 11.9 Å². The summed E-state index contributed by atoms with van der Waals surface area (Å²) >= 11 is 0. The summed E-state index contributed by atoms with van der Waals surface area (Å²) in [6.45, 7) is 4.17. The van der Waals surface area contributed by atoms with E-state index in [1.54, 1.807) is 0 Å². The van der Waals surface area contributed by atoms with Crippen LogP contribution in [0, 0.1) is 0 Å². The zero-order valence-corrected chi connectivity index (χ0v) is 59.3. The number of hydrogen-bond donors (Lipinski definition) is 0. The van der Waals surface area contributed by atoms with Crippen molar-refractivity contribution in [3.63, 3.8) is 0 Å². The molecule has 0 spiro atoms. The Morgan fingerprint density at radius 3 is 0.977 bits per heavy atom. The number of carbonyl (C=O) groups excluding carboxylic acids is 2. The summed E-state index contributed by atoms with van der Waals surface area (Å²) in [4.78, 5) is 38.1. The summed E-state index contributed by atoms with van der Waals surface area (Å²) in [5, 5.41) is 0. The minimum absolute atomic E-state index is 0.0316. The third-order valence-electron chi connectivity index (χ3n) is 16.4. The van der Waals surface area contributed by atoms with Crippen molar-refractivity contribution in [3.05, 3.63) is 85.1 Å². The molecule has 0 bridgehead atoms. The first-order chi connectivity index (χ1) is 43.0. The molecule has 0 radical (unpaired) electrons. The molecule has 0 aliphatic rings. The van der Waals surface area contributed by atoms with Gasteiger partial charge in [0.25, 0.3) is 7.82 Å². The molecule has 2 atom stereocenters. The van der Waals surface area contributed by atoms with Gasteiger partial charge in [0.15, 0.2) is 6.10 Å². The second kappa shape index (κ2) is 68.6. The lowest BCUT2D eigenvalue weighted by Gasteiger charge is -2.28. The number of nitrogens with zero attached hydrogens (tertiary/aromatic N) is 1. The van der Waals surface area contributed by atoms with Crippen LogP contribution in [0.3, 0.4) is 0 Å². The zero-order chi connectivity index (χ0) is 64.1. The lowest BCUT2D eigenvalue weighted by atomic mass is 10.0. The molecule has 0 aliphatic heterocycles. The van der Waals surface area contributed by atoms with Gasteiger partial charge in [0.2, 0.25) is 0 Å². The topological polar surface area (TPSA) is 111 Å². The van der Waals surface area contributed by atoms with Gasteiger partial charge in [0, 0.05) is 12.8 Å². The van der Waals surface area contributed by atoms with Crippen LogP contribution in [-0.4, -0.2) is 70.0 Å². The smallest absolute Gasteiger partial charge is 0.306 e. The Bertz CT molecular complexity index is 1760. The van der Waals surface area contributed by atoms with E-state index in [1.165, 1.54) is 238 Å². The molecule has 0 amide bonds. The summed E-state index contributed by atoms with van der Waals surface area (Å²) in [5.41, 5.74) is 0. The maximum atomic E-state index is 12.9. The number of phosphoric acid groups is 1.